The van der Waals surface area contributed by atoms with E-state index in [1.165, 1.54) is 6.42 Å². The first kappa shape index (κ1) is 13.2. The number of carbonyl (C=O) groups is 2. The Hall–Kier alpha value is -0.860. The summed E-state index contributed by atoms with van der Waals surface area (Å²) in [5.74, 6) is 1.20. The fourth-order valence-corrected chi connectivity index (χ4v) is 2.26. The Balaban J connectivity index is 2.34. The zero-order valence-corrected chi connectivity index (χ0v) is 10.5. The lowest BCUT2D eigenvalue weighted by molar-refractivity contribution is -0.131. The van der Waals surface area contributed by atoms with E-state index in [0.29, 0.717) is 18.8 Å². The molecular formula is C13H23NO2. The fraction of sp³-hybridized carbons (Fsp3) is 0.846. The summed E-state index contributed by atoms with van der Waals surface area (Å²) in [7, 11) is 0. The lowest BCUT2D eigenvalue weighted by Crippen LogP contribution is -2.31. The molecule has 0 aromatic heterocycles. The number of hydrogen-bond donors (Lipinski definition) is 0. The van der Waals surface area contributed by atoms with Gasteiger partial charge in [0, 0.05) is 25.9 Å². The Morgan fingerprint density at radius 1 is 1.44 bits per heavy atom. The van der Waals surface area contributed by atoms with Crippen LogP contribution >= 0.6 is 0 Å². The van der Waals surface area contributed by atoms with Crippen molar-refractivity contribution >= 4 is 11.7 Å². The maximum atomic E-state index is 11.8. The van der Waals surface area contributed by atoms with Gasteiger partial charge in [0.05, 0.1) is 0 Å². The minimum Gasteiger partial charge on any atom is -0.343 e. The molecule has 0 N–H and O–H groups in total. The van der Waals surface area contributed by atoms with Gasteiger partial charge in [-0.2, -0.15) is 0 Å². The molecule has 0 bridgehead atoms. The molecule has 0 aromatic carbocycles. The van der Waals surface area contributed by atoms with Gasteiger partial charge in [-0.3, -0.25) is 4.79 Å². The minimum atomic E-state index is 0.216. The van der Waals surface area contributed by atoms with Crippen LogP contribution in [0.15, 0.2) is 0 Å². The summed E-state index contributed by atoms with van der Waals surface area (Å²) < 4.78 is 0. The highest BCUT2D eigenvalue weighted by atomic mass is 16.2. The molecule has 1 atom stereocenters. The summed E-state index contributed by atoms with van der Waals surface area (Å²) in [6, 6.07) is 0. The van der Waals surface area contributed by atoms with Crippen LogP contribution in [0, 0.1) is 5.92 Å². The fourth-order valence-electron chi connectivity index (χ4n) is 2.26. The van der Waals surface area contributed by atoms with Gasteiger partial charge in [0.1, 0.15) is 5.78 Å². The lowest BCUT2D eigenvalue weighted by Gasteiger charge is -2.20. The molecule has 1 unspecified atom stereocenters. The number of ketones is 1. The van der Waals surface area contributed by atoms with E-state index in [1.807, 2.05) is 4.90 Å². The van der Waals surface area contributed by atoms with Gasteiger partial charge >= 0.3 is 0 Å². The van der Waals surface area contributed by atoms with Crippen molar-refractivity contribution in [1.82, 2.24) is 4.90 Å². The molecule has 16 heavy (non-hydrogen) atoms. The monoisotopic (exact) mass is 225 g/mol. The Morgan fingerprint density at radius 2 is 2.19 bits per heavy atom. The molecule has 1 amide bonds. The first-order valence-corrected chi connectivity index (χ1v) is 6.40. The highest BCUT2D eigenvalue weighted by Crippen LogP contribution is 2.21. The van der Waals surface area contributed by atoms with Crippen LogP contribution in [-0.4, -0.2) is 29.7 Å². The van der Waals surface area contributed by atoms with Crippen LogP contribution in [0.1, 0.15) is 52.4 Å². The summed E-state index contributed by atoms with van der Waals surface area (Å²) in [5.41, 5.74) is 0. The number of Topliss-reactive ketones (excluding diaryl/α,β-unsaturated/α-hetero) is 1. The predicted molar refractivity (Wildman–Crippen MR) is 64.1 cm³/mol. The second kappa shape index (κ2) is 6.66. The molecule has 1 saturated heterocycles. The summed E-state index contributed by atoms with van der Waals surface area (Å²) in [6.07, 6.45) is 5.45. The van der Waals surface area contributed by atoms with Crippen LogP contribution in [-0.2, 0) is 9.59 Å². The first-order valence-electron chi connectivity index (χ1n) is 6.40. The van der Waals surface area contributed by atoms with Crippen molar-refractivity contribution in [2.75, 3.05) is 13.1 Å². The van der Waals surface area contributed by atoms with E-state index in [1.54, 1.807) is 6.92 Å². The van der Waals surface area contributed by atoms with Crippen LogP contribution in [0.4, 0.5) is 0 Å². The molecule has 0 spiro atoms. The standard InChI is InChI=1S/C13H23NO2/c1-3-12-6-7-13(16)14(10-8-12)9-4-5-11(2)15/h12H,3-10H2,1-2H3. The predicted octanol–water partition coefficient (Wildman–Crippen LogP) is 2.39. The third-order valence-electron chi connectivity index (χ3n) is 3.46. The Bertz CT molecular complexity index is 250. The third kappa shape index (κ3) is 4.33. The Kier molecular flexibility index (Phi) is 5.50. The van der Waals surface area contributed by atoms with Crippen molar-refractivity contribution in [2.45, 2.75) is 52.4 Å². The van der Waals surface area contributed by atoms with E-state index in [2.05, 4.69) is 6.92 Å². The molecule has 3 nitrogen and oxygen atoms in total. The number of amides is 1. The van der Waals surface area contributed by atoms with Gasteiger partial charge in [0.25, 0.3) is 0 Å². The normalized spacial score (nSPS) is 22.0. The number of likely N-dealkylation sites (tertiary alicyclic amines) is 1. The van der Waals surface area contributed by atoms with E-state index >= 15 is 0 Å². The molecule has 1 aliphatic heterocycles. The van der Waals surface area contributed by atoms with E-state index in [4.69, 9.17) is 0 Å². The van der Waals surface area contributed by atoms with Crippen LogP contribution in [0.5, 0.6) is 0 Å². The van der Waals surface area contributed by atoms with Gasteiger partial charge in [0.15, 0.2) is 0 Å². The Morgan fingerprint density at radius 3 is 2.81 bits per heavy atom. The zero-order valence-electron chi connectivity index (χ0n) is 10.5. The number of hydrogen-bond acceptors (Lipinski definition) is 2. The quantitative estimate of drug-likeness (QED) is 0.720. The summed E-state index contributed by atoms with van der Waals surface area (Å²) >= 11 is 0. The van der Waals surface area contributed by atoms with Crippen LogP contribution in [0.25, 0.3) is 0 Å². The zero-order chi connectivity index (χ0) is 12.0. The van der Waals surface area contributed by atoms with Crippen molar-refractivity contribution < 1.29 is 9.59 Å². The van der Waals surface area contributed by atoms with E-state index in [-0.39, 0.29) is 11.7 Å². The molecule has 0 saturated carbocycles. The molecule has 3 heteroatoms. The number of nitrogens with zero attached hydrogens (tertiary/aromatic N) is 1. The van der Waals surface area contributed by atoms with Gasteiger partial charge < -0.3 is 9.69 Å². The largest absolute Gasteiger partial charge is 0.343 e. The molecule has 1 fully saturated rings. The maximum absolute atomic E-state index is 11.8. The number of rotatable bonds is 5. The molecule has 0 radical (unpaired) electrons. The van der Waals surface area contributed by atoms with Crippen molar-refractivity contribution in [3.8, 4) is 0 Å². The Labute approximate surface area is 98.2 Å². The van der Waals surface area contributed by atoms with Gasteiger partial charge in [-0.25, -0.2) is 0 Å². The van der Waals surface area contributed by atoms with Crippen LogP contribution < -0.4 is 0 Å². The highest BCUT2D eigenvalue weighted by Gasteiger charge is 2.20. The van der Waals surface area contributed by atoms with Crippen LogP contribution in [0.2, 0.25) is 0 Å². The highest BCUT2D eigenvalue weighted by molar-refractivity contribution is 5.77. The maximum Gasteiger partial charge on any atom is 0.222 e. The first-order chi connectivity index (χ1) is 7.63. The van der Waals surface area contributed by atoms with E-state index < -0.39 is 0 Å². The summed E-state index contributed by atoms with van der Waals surface area (Å²) in [5, 5.41) is 0. The van der Waals surface area contributed by atoms with E-state index in [9.17, 15) is 9.59 Å². The lowest BCUT2D eigenvalue weighted by atomic mass is 9.98. The molecular weight excluding hydrogens is 202 g/mol. The average molecular weight is 225 g/mol. The van der Waals surface area contributed by atoms with Gasteiger partial charge in [0.2, 0.25) is 5.91 Å². The van der Waals surface area contributed by atoms with Crippen molar-refractivity contribution in [3.63, 3.8) is 0 Å². The molecule has 1 aliphatic rings. The number of carbonyl (C=O) groups excluding carboxylic acids is 2. The molecule has 0 aromatic rings. The SMILES string of the molecule is CCC1CCC(=O)N(CCCC(C)=O)CC1. The average Bonchev–Trinajstić information content (AvgIpc) is 2.41. The molecule has 1 heterocycles. The van der Waals surface area contributed by atoms with Crippen molar-refractivity contribution in [3.05, 3.63) is 0 Å². The smallest absolute Gasteiger partial charge is 0.222 e. The van der Waals surface area contributed by atoms with Gasteiger partial charge in [-0.1, -0.05) is 13.3 Å². The van der Waals surface area contributed by atoms with Crippen molar-refractivity contribution in [2.24, 2.45) is 5.92 Å². The molecule has 92 valence electrons. The summed E-state index contributed by atoms with van der Waals surface area (Å²) in [4.78, 5) is 24.6. The molecule has 0 aliphatic carbocycles. The second-order valence-electron chi connectivity index (χ2n) is 4.79. The van der Waals surface area contributed by atoms with E-state index in [0.717, 1.165) is 32.4 Å². The topological polar surface area (TPSA) is 37.4 Å². The van der Waals surface area contributed by atoms with Gasteiger partial charge in [-0.05, 0) is 32.1 Å². The third-order valence-corrected chi connectivity index (χ3v) is 3.46. The summed E-state index contributed by atoms with van der Waals surface area (Å²) in [6.45, 7) is 5.45. The van der Waals surface area contributed by atoms with Crippen LogP contribution in [0.3, 0.4) is 0 Å². The minimum absolute atomic E-state index is 0.216. The second-order valence-corrected chi connectivity index (χ2v) is 4.79. The molecule has 1 rings (SSSR count). The van der Waals surface area contributed by atoms with Crippen molar-refractivity contribution in [1.29, 1.82) is 0 Å². The van der Waals surface area contributed by atoms with Gasteiger partial charge in [-0.15, -0.1) is 0 Å².